The summed E-state index contributed by atoms with van der Waals surface area (Å²) < 4.78 is 6.69. The van der Waals surface area contributed by atoms with E-state index < -0.39 is 0 Å². The zero-order valence-electron chi connectivity index (χ0n) is 10.3. The third-order valence-electron chi connectivity index (χ3n) is 2.70. The van der Waals surface area contributed by atoms with E-state index in [0.29, 0.717) is 6.61 Å². The van der Waals surface area contributed by atoms with Gasteiger partial charge in [-0.1, -0.05) is 51.8 Å². The van der Waals surface area contributed by atoms with Gasteiger partial charge >= 0.3 is 0 Å². The highest BCUT2D eigenvalue weighted by Gasteiger charge is 2.07. The second kappa shape index (κ2) is 6.03. The van der Waals surface area contributed by atoms with Gasteiger partial charge in [0.2, 0.25) is 0 Å². The maximum absolute atomic E-state index is 6.11. The molecular weight excluding hydrogens is 290 g/mol. The summed E-state index contributed by atoms with van der Waals surface area (Å²) in [5, 5.41) is 0. The maximum Gasteiger partial charge on any atom is 0.120 e. The Morgan fingerprint density at radius 1 is 1.17 bits per heavy atom. The first-order chi connectivity index (χ1) is 8.65. The first-order valence-electron chi connectivity index (χ1n) is 5.85. The Hall–Kier alpha value is -1.32. The third kappa shape index (κ3) is 3.59. The Balaban J connectivity index is 1.98. The molecule has 0 fully saturated rings. The van der Waals surface area contributed by atoms with Gasteiger partial charge in [-0.3, -0.25) is 0 Å². The van der Waals surface area contributed by atoms with E-state index >= 15 is 0 Å². The minimum atomic E-state index is -0.108. The van der Waals surface area contributed by atoms with E-state index in [1.807, 2.05) is 36.4 Å². The molecule has 2 rings (SSSR count). The molecule has 0 aliphatic heterocycles. The summed E-state index contributed by atoms with van der Waals surface area (Å²) >= 11 is 3.41. The van der Waals surface area contributed by atoms with Gasteiger partial charge in [0, 0.05) is 4.47 Å². The van der Waals surface area contributed by atoms with E-state index in [9.17, 15) is 0 Å². The van der Waals surface area contributed by atoms with Gasteiger partial charge in [-0.25, -0.2) is 0 Å². The minimum absolute atomic E-state index is 0.108. The van der Waals surface area contributed by atoms with Crippen LogP contribution in [0.4, 0.5) is 0 Å². The topological polar surface area (TPSA) is 35.2 Å². The van der Waals surface area contributed by atoms with Gasteiger partial charge < -0.3 is 10.5 Å². The molecule has 0 spiro atoms. The molecule has 1 atom stereocenters. The molecule has 0 heterocycles. The van der Waals surface area contributed by atoms with Crippen LogP contribution in [-0.2, 0) is 0 Å². The van der Waals surface area contributed by atoms with Crippen LogP contribution in [0, 0.1) is 6.92 Å². The summed E-state index contributed by atoms with van der Waals surface area (Å²) in [6.45, 7) is 2.53. The van der Waals surface area contributed by atoms with Crippen molar-refractivity contribution in [3.8, 4) is 5.75 Å². The van der Waals surface area contributed by atoms with Crippen molar-refractivity contribution in [2.24, 2.45) is 5.73 Å². The van der Waals surface area contributed by atoms with Gasteiger partial charge in [0.25, 0.3) is 0 Å². The van der Waals surface area contributed by atoms with Crippen LogP contribution in [0.2, 0.25) is 0 Å². The molecule has 0 saturated heterocycles. The van der Waals surface area contributed by atoms with Gasteiger partial charge in [-0.15, -0.1) is 0 Å². The summed E-state index contributed by atoms with van der Waals surface area (Å²) in [5.74, 6) is 0.826. The highest BCUT2D eigenvalue weighted by molar-refractivity contribution is 9.10. The minimum Gasteiger partial charge on any atom is -0.492 e. The Bertz CT molecular complexity index is 527. The van der Waals surface area contributed by atoms with Crippen LogP contribution in [-0.4, -0.2) is 6.61 Å². The molecule has 0 bridgehead atoms. The average molecular weight is 306 g/mol. The Kier molecular flexibility index (Phi) is 4.39. The predicted molar refractivity (Wildman–Crippen MR) is 77.7 cm³/mol. The molecule has 0 aliphatic rings. The second-order valence-corrected chi connectivity index (χ2v) is 5.20. The summed E-state index contributed by atoms with van der Waals surface area (Å²) in [7, 11) is 0. The fraction of sp³-hybridized carbons (Fsp3) is 0.200. The lowest BCUT2D eigenvalue weighted by atomic mass is 10.1. The standard InChI is InChI=1S/C15H16BrNO/c1-11-4-2-5-12(8-11)15(17)10-18-14-7-3-6-13(16)9-14/h2-9,15H,10,17H2,1H3. The molecule has 94 valence electrons. The molecule has 0 saturated carbocycles. The zero-order chi connectivity index (χ0) is 13.0. The second-order valence-electron chi connectivity index (χ2n) is 4.29. The van der Waals surface area contributed by atoms with E-state index in [1.54, 1.807) is 0 Å². The molecule has 0 aliphatic carbocycles. The lowest BCUT2D eigenvalue weighted by Gasteiger charge is -2.14. The number of aryl methyl sites for hydroxylation is 1. The van der Waals surface area contributed by atoms with E-state index in [0.717, 1.165) is 15.8 Å². The van der Waals surface area contributed by atoms with Gasteiger partial charge in [-0.2, -0.15) is 0 Å². The first-order valence-corrected chi connectivity index (χ1v) is 6.65. The summed E-state index contributed by atoms with van der Waals surface area (Å²) in [6, 6.07) is 15.9. The SMILES string of the molecule is Cc1cccc(C(N)COc2cccc(Br)c2)c1. The van der Waals surface area contributed by atoms with E-state index in [4.69, 9.17) is 10.5 Å². The van der Waals surface area contributed by atoms with Crippen molar-refractivity contribution in [1.82, 2.24) is 0 Å². The lowest BCUT2D eigenvalue weighted by Crippen LogP contribution is -2.19. The number of hydrogen-bond donors (Lipinski definition) is 1. The van der Waals surface area contributed by atoms with E-state index in [2.05, 4.69) is 35.0 Å². The number of ether oxygens (including phenoxy) is 1. The van der Waals surface area contributed by atoms with Crippen molar-refractivity contribution in [2.75, 3.05) is 6.61 Å². The van der Waals surface area contributed by atoms with Gasteiger partial charge in [0.15, 0.2) is 0 Å². The number of halogens is 1. The van der Waals surface area contributed by atoms with Crippen molar-refractivity contribution >= 4 is 15.9 Å². The molecule has 2 N–H and O–H groups in total. The Morgan fingerprint density at radius 3 is 2.67 bits per heavy atom. The van der Waals surface area contributed by atoms with Crippen LogP contribution in [0.3, 0.4) is 0 Å². The molecule has 2 aromatic rings. The molecule has 2 aromatic carbocycles. The summed E-state index contributed by atoms with van der Waals surface area (Å²) in [5.41, 5.74) is 8.43. The smallest absolute Gasteiger partial charge is 0.120 e. The highest BCUT2D eigenvalue weighted by atomic mass is 79.9. The Morgan fingerprint density at radius 2 is 1.94 bits per heavy atom. The first kappa shape index (κ1) is 13.1. The molecule has 3 heteroatoms. The van der Waals surface area contributed by atoms with Crippen LogP contribution in [0.1, 0.15) is 17.2 Å². The van der Waals surface area contributed by atoms with Gasteiger partial charge in [-0.05, 0) is 30.7 Å². The molecular formula is C15H16BrNO. The number of benzene rings is 2. The number of rotatable bonds is 4. The molecule has 1 unspecified atom stereocenters. The van der Waals surface area contributed by atoms with Crippen LogP contribution in [0.5, 0.6) is 5.75 Å². The number of nitrogens with two attached hydrogens (primary N) is 1. The fourth-order valence-electron chi connectivity index (χ4n) is 1.74. The van der Waals surface area contributed by atoms with E-state index in [1.165, 1.54) is 5.56 Å². The normalized spacial score (nSPS) is 12.2. The summed E-state index contributed by atoms with van der Waals surface area (Å²) in [6.07, 6.45) is 0. The van der Waals surface area contributed by atoms with Crippen LogP contribution >= 0.6 is 15.9 Å². The lowest BCUT2D eigenvalue weighted by molar-refractivity contribution is 0.290. The molecule has 2 nitrogen and oxygen atoms in total. The monoisotopic (exact) mass is 305 g/mol. The quantitative estimate of drug-likeness (QED) is 0.931. The van der Waals surface area contributed by atoms with E-state index in [-0.39, 0.29) is 6.04 Å². The average Bonchev–Trinajstić information content (AvgIpc) is 2.36. The van der Waals surface area contributed by atoms with Gasteiger partial charge in [0.05, 0.1) is 6.04 Å². The molecule has 0 aromatic heterocycles. The van der Waals surface area contributed by atoms with Crippen molar-refractivity contribution < 1.29 is 4.74 Å². The predicted octanol–water partition coefficient (Wildman–Crippen LogP) is 3.84. The van der Waals surface area contributed by atoms with Gasteiger partial charge in [0.1, 0.15) is 12.4 Å². The largest absolute Gasteiger partial charge is 0.492 e. The zero-order valence-corrected chi connectivity index (χ0v) is 11.9. The Labute approximate surface area is 116 Å². The molecule has 18 heavy (non-hydrogen) atoms. The maximum atomic E-state index is 6.11. The van der Waals surface area contributed by atoms with Crippen LogP contribution in [0.25, 0.3) is 0 Å². The van der Waals surface area contributed by atoms with Crippen molar-refractivity contribution in [3.63, 3.8) is 0 Å². The van der Waals surface area contributed by atoms with Crippen LogP contribution < -0.4 is 10.5 Å². The molecule has 0 radical (unpaired) electrons. The summed E-state index contributed by atoms with van der Waals surface area (Å²) in [4.78, 5) is 0. The third-order valence-corrected chi connectivity index (χ3v) is 3.19. The van der Waals surface area contributed by atoms with Crippen molar-refractivity contribution in [1.29, 1.82) is 0 Å². The number of hydrogen-bond acceptors (Lipinski definition) is 2. The highest BCUT2D eigenvalue weighted by Crippen LogP contribution is 2.19. The fourth-order valence-corrected chi connectivity index (χ4v) is 2.12. The van der Waals surface area contributed by atoms with Crippen LogP contribution in [0.15, 0.2) is 53.0 Å². The van der Waals surface area contributed by atoms with Crippen molar-refractivity contribution in [2.45, 2.75) is 13.0 Å². The van der Waals surface area contributed by atoms with Crippen molar-refractivity contribution in [3.05, 3.63) is 64.1 Å². The molecule has 0 amide bonds.